The molecular weight excluding hydrogens is 289 g/mol. The Balaban J connectivity index is 1.97. The maximum absolute atomic E-state index is 13.1. The lowest BCUT2D eigenvalue weighted by atomic mass is 10.0. The molecule has 0 amide bonds. The number of unbranched alkanes of at least 4 members (excludes halogenated alkanes) is 1. The molecular formula is C20H26FNO. The van der Waals surface area contributed by atoms with Gasteiger partial charge in [0.2, 0.25) is 0 Å². The number of hydrogen-bond acceptors (Lipinski definition) is 1. The fourth-order valence-corrected chi connectivity index (χ4v) is 4.01. The summed E-state index contributed by atoms with van der Waals surface area (Å²) >= 11 is 0. The van der Waals surface area contributed by atoms with Gasteiger partial charge >= 0.3 is 0 Å². The summed E-state index contributed by atoms with van der Waals surface area (Å²) in [4.78, 5) is 13.1. The summed E-state index contributed by atoms with van der Waals surface area (Å²) in [5.41, 5.74) is 1.98. The Morgan fingerprint density at radius 3 is 2.39 bits per heavy atom. The number of hydrogen-bond donors (Lipinski definition) is 0. The van der Waals surface area contributed by atoms with E-state index >= 15 is 0 Å². The summed E-state index contributed by atoms with van der Waals surface area (Å²) < 4.78 is 14.5. The lowest BCUT2D eigenvalue weighted by Gasteiger charge is -2.03. The third-order valence-corrected chi connectivity index (χ3v) is 6.12. The minimum absolute atomic E-state index is 0.0432. The number of para-hydroxylation sites is 1. The zero-order valence-electron chi connectivity index (χ0n) is 14.5. The molecule has 0 saturated heterocycles. The SMILES string of the molecule is CC1(C)C(C(=O)c2cn(CCCCF)c3ccccc23)C1(C)C. The lowest BCUT2D eigenvalue weighted by Crippen LogP contribution is -2.07. The number of carbonyl (C=O) groups excluding carboxylic acids is 1. The molecule has 0 spiro atoms. The van der Waals surface area contributed by atoms with Gasteiger partial charge in [-0.05, 0) is 29.7 Å². The first-order valence-electron chi connectivity index (χ1n) is 8.50. The number of Topliss-reactive ketones (excluding diaryl/α,β-unsaturated/α-hetero) is 1. The molecule has 0 aliphatic heterocycles. The largest absolute Gasteiger partial charge is 0.347 e. The fourth-order valence-electron chi connectivity index (χ4n) is 4.01. The number of fused-ring (bicyclic) bond motifs is 1. The van der Waals surface area contributed by atoms with Gasteiger partial charge in [0.1, 0.15) is 0 Å². The van der Waals surface area contributed by atoms with E-state index in [1.54, 1.807) is 0 Å². The molecule has 0 atom stereocenters. The second kappa shape index (κ2) is 5.47. The van der Waals surface area contributed by atoms with Crippen LogP contribution in [-0.2, 0) is 6.54 Å². The summed E-state index contributed by atoms with van der Waals surface area (Å²) in [7, 11) is 0. The molecule has 1 aliphatic carbocycles. The van der Waals surface area contributed by atoms with Crippen molar-refractivity contribution in [2.24, 2.45) is 16.7 Å². The summed E-state index contributed by atoms with van der Waals surface area (Å²) in [6, 6.07) is 8.04. The highest BCUT2D eigenvalue weighted by Crippen LogP contribution is 2.69. The van der Waals surface area contributed by atoms with Crippen LogP contribution in [0.1, 0.15) is 50.9 Å². The standard InChI is InChI=1S/C20H26FNO/c1-19(2)18(20(19,3)4)17(23)15-13-22(12-8-7-11-21)16-10-6-5-9-14(15)16/h5-6,9-10,13,18H,7-8,11-12H2,1-4H3. The van der Waals surface area contributed by atoms with Crippen molar-refractivity contribution in [1.82, 2.24) is 4.57 Å². The zero-order valence-corrected chi connectivity index (χ0v) is 14.5. The molecule has 124 valence electrons. The van der Waals surface area contributed by atoms with Crippen LogP contribution in [0.2, 0.25) is 0 Å². The normalized spacial score (nSPS) is 19.2. The quantitative estimate of drug-likeness (QED) is 0.527. The van der Waals surface area contributed by atoms with E-state index in [-0.39, 0.29) is 29.2 Å². The minimum Gasteiger partial charge on any atom is -0.347 e. The first kappa shape index (κ1) is 16.2. The second-order valence-corrected chi connectivity index (χ2v) is 7.89. The number of rotatable bonds is 6. The van der Waals surface area contributed by atoms with Crippen molar-refractivity contribution in [3.05, 3.63) is 36.0 Å². The Morgan fingerprint density at radius 1 is 1.13 bits per heavy atom. The van der Waals surface area contributed by atoms with Crippen molar-refractivity contribution in [3.63, 3.8) is 0 Å². The topological polar surface area (TPSA) is 22.0 Å². The summed E-state index contributed by atoms with van der Waals surface area (Å²) in [5, 5.41) is 1.02. The first-order valence-corrected chi connectivity index (χ1v) is 8.50. The van der Waals surface area contributed by atoms with Crippen molar-refractivity contribution in [2.45, 2.75) is 47.1 Å². The number of carbonyl (C=O) groups is 1. The van der Waals surface area contributed by atoms with E-state index in [4.69, 9.17) is 0 Å². The number of ketones is 1. The van der Waals surface area contributed by atoms with E-state index < -0.39 is 0 Å². The fraction of sp³-hybridized carbons (Fsp3) is 0.550. The highest BCUT2D eigenvalue weighted by atomic mass is 19.1. The van der Waals surface area contributed by atoms with Crippen LogP contribution >= 0.6 is 0 Å². The van der Waals surface area contributed by atoms with Crippen LogP contribution in [0, 0.1) is 16.7 Å². The van der Waals surface area contributed by atoms with Gasteiger partial charge in [-0.25, -0.2) is 0 Å². The van der Waals surface area contributed by atoms with Crippen LogP contribution in [0.3, 0.4) is 0 Å². The van der Waals surface area contributed by atoms with Crippen LogP contribution in [0.5, 0.6) is 0 Å². The molecule has 1 saturated carbocycles. The predicted molar refractivity (Wildman–Crippen MR) is 92.5 cm³/mol. The summed E-state index contributed by atoms with van der Waals surface area (Å²) in [5.74, 6) is 0.320. The Morgan fingerprint density at radius 2 is 1.78 bits per heavy atom. The van der Waals surface area contributed by atoms with Gasteiger partial charge in [0, 0.05) is 35.1 Å². The van der Waals surface area contributed by atoms with Gasteiger partial charge in [-0.2, -0.15) is 0 Å². The molecule has 3 rings (SSSR count). The molecule has 0 unspecified atom stereocenters. The molecule has 0 bridgehead atoms. The molecule has 1 aliphatic rings. The van der Waals surface area contributed by atoms with E-state index in [1.807, 2.05) is 30.5 Å². The molecule has 1 heterocycles. The molecule has 23 heavy (non-hydrogen) atoms. The van der Waals surface area contributed by atoms with Crippen LogP contribution in [0.4, 0.5) is 4.39 Å². The number of alkyl halides is 1. The molecule has 1 aromatic heterocycles. The Kier molecular flexibility index (Phi) is 3.86. The first-order chi connectivity index (χ1) is 10.8. The van der Waals surface area contributed by atoms with Crippen molar-refractivity contribution in [1.29, 1.82) is 0 Å². The Hall–Kier alpha value is -1.64. The van der Waals surface area contributed by atoms with E-state index in [2.05, 4.69) is 32.3 Å². The smallest absolute Gasteiger partial charge is 0.169 e. The maximum atomic E-state index is 13.1. The van der Waals surface area contributed by atoms with E-state index in [9.17, 15) is 9.18 Å². The predicted octanol–water partition coefficient (Wildman–Crippen LogP) is 5.26. The van der Waals surface area contributed by atoms with Crippen LogP contribution in [-0.4, -0.2) is 17.0 Å². The number of aromatic nitrogens is 1. The van der Waals surface area contributed by atoms with Gasteiger partial charge in [-0.1, -0.05) is 45.9 Å². The van der Waals surface area contributed by atoms with E-state index in [0.717, 1.165) is 29.4 Å². The lowest BCUT2D eigenvalue weighted by molar-refractivity contribution is 0.0946. The van der Waals surface area contributed by atoms with Crippen LogP contribution < -0.4 is 0 Å². The monoisotopic (exact) mass is 315 g/mol. The minimum atomic E-state index is -0.282. The highest BCUT2D eigenvalue weighted by Gasteiger charge is 2.68. The molecule has 1 aromatic carbocycles. The van der Waals surface area contributed by atoms with Gasteiger partial charge in [-0.3, -0.25) is 9.18 Å². The van der Waals surface area contributed by atoms with Crippen LogP contribution in [0.25, 0.3) is 10.9 Å². The number of nitrogens with zero attached hydrogens (tertiary/aromatic N) is 1. The molecule has 2 aromatic rings. The van der Waals surface area contributed by atoms with Crippen molar-refractivity contribution in [2.75, 3.05) is 6.67 Å². The van der Waals surface area contributed by atoms with Crippen molar-refractivity contribution < 1.29 is 9.18 Å². The summed E-state index contributed by atoms with van der Waals surface area (Å²) in [6.07, 6.45) is 3.34. The maximum Gasteiger partial charge on any atom is 0.169 e. The van der Waals surface area contributed by atoms with Gasteiger partial charge in [0.15, 0.2) is 5.78 Å². The molecule has 0 N–H and O–H groups in total. The van der Waals surface area contributed by atoms with Gasteiger partial charge in [-0.15, -0.1) is 0 Å². The third-order valence-electron chi connectivity index (χ3n) is 6.12. The van der Waals surface area contributed by atoms with Crippen molar-refractivity contribution >= 4 is 16.7 Å². The molecule has 1 fully saturated rings. The zero-order chi connectivity index (χ0) is 16.8. The van der Waals surface area contributed by atoms with E-state index in [1.165, 1.54) is 0 Å². The molecule has 3 heteroatoms. The van der Waals surface area contributed by atoms with Crippen LogP contribution in [0.15, 0.2) is 30.5 Å². The second-order valence-electron chi connectivity index (χ2n) is 7.89. The molecule has 0 radical (unpaired) electrons. The molecule has 2 nitrogen and oxygen atoms in total. The highest BCUT2D eigenvalue weighted by molar-refractivity contribution is 6.11. The number of halogens is 1. The Labute approximate surface area is 137 Å². The van der Waals surface area contributed by atoms with Gasteiger partial charge in [0.05, 0.1) is 6.67 Å². The number of benzene rings is 1. The van der Waals surface area contributed by atoms with Gasteiger partial charge in [0.25, 0.3) is 0 Å². The third kappa shape index (κ3) is 2.41. The van der Waals surface area contributed by atoms with Crippen molar-refractivity contribution in [3.8, 4) is 0 Å². The summed E-state index contributed by atoms with van der Waals surface area (Å²) in [6.45, 7) is 9.18. The van der Waals surface area contributed by atoms with E-state index in [0.29, 0.717) is 6.42 Å². The number of aryl methyl sites for hydroxylation is 1. The average molecular weight is 315 g/mol. The Bertz CT molecular complexity index is 727. The average Bonchev–Trinajstić information content (AvgIpc) is 2.80. The van der Waals surface area contributed by atoms with Gasteiger partial charge < -0.3 is 4.57 Å².